The highest BCUT2D eigenvalue weighted by Crippen LogP contribution is 2.16. The lowest BCUT2D eigenvalue weighted by Crippen LogP contribution is -2.32. The molecule has 0 spiro atoms. The highest BCUT2D eigenvalue weighted by atomic mass is 19.1. The minimum absolute atomic E-state index is 0.254. The van der Waals surface area contributed by atoms with Crippen LogP contribution >= 0.6 is 0 Å². The molecule has 0 unspecified atom stereocenters. The van der Waals surface area contributed by atoms with Crippen molar-refractivity contribution in [2.24, 2.45) is 5.10 Å². The van der Waals surface area contributed by atoms with Gasteiger partial charge in [-0.3, -0.25) is 4.79 Å². The molecule has 1 aromatic carbocycles. The summed E-state index contributed by atoms with van der Waals surface area (Å²) < 4.78 is 12.8. The molecule has 0 aliphatic carbocycles. The van der Waals surface area contributed by atoms with Crippen LogP contribution in [0.15, 0.2) is 53.8 Å². The number of hydrazone groups is 1. The highest BCUT2D eigenvalue weighted by Gasteiger charge is 2.20. The lowest BCUT2D eigenvalue weighted by Gasteiger charge is -2.23. The molecular formula is C16H14FN3O. The average Bonchev–Trinajstić information content (AvgIpc) is 2.56. The number of hydrogen-bond acceptors (Lipinski definition) is 3. The zero-order chi connectivity index (χ0) is 14.7. The van der Waals surface area contributed by atoms with Crippen LogP contribution in [0.1, 0.15) is 28.8 Å². The highest BCUT2D eigenvalue weighted by molar-refractivity contribution is 6.02. The summed E-state index contributed by atoms with van der Waals surface area (Å²) in [5, 5.41) is 5.86. The molecule has 0 radical (unpaired) electrons. The molecule has 0 fully saturated rings. The Morgan fingerprint density at radius 2 is 1.95 bits per heavy atom. The van der Waals surface area contributed by atoms with E-state index in [0.29, 0.717) is 12.1 Å². The fourth-order valence-electron chi connectivity index (χ4n) is 2.27. The molecule has 2 heterocycles. The molecule has 1 aliphatic heterocycles. The molecule has 21 heavy (non-hydrogen) atoms. The summed E-state index contributed by atoms with van der Waals surface area (Å²) in [7, 11) is 0. The van der Waals surface area contributed by atoms with E-state index in [0.717, 1.165) is 24.1 Å². The Bertz CT molecular complexity index is 668. The van der Waals surface area contributed by atoms with Gasteiger partial charge >= 0.3 is 0 Å². The maximum absolute atomic E-state index is 12.8. The van der Waals surface area contributed by atoms with Crippen molar-refractivity contribution in [1.29, 1.82) is 0 Å². The van der Waals surface area contributed by atoms with Gasteiger partial charge in [0.25, 0.3) is 5.91 Å². The number of aromatic nitrogens is 1. The second kappa shape index (κ2) is 5.83. The molecule has 5 heteroatoms. The van der Waals surface area contributed by atoms with Gasteiger partial charge in [-0.15, -0.1) is 0 Å². The topological polar surface area (TPSA) is 45.6 Å². The molecule has 2 aromatic rings. The number of benzene rings is 1. The predicted octanol–water partition coefficient (Wildman–Crippen LogP) is 2.86. The summed E-state index contributed by atoms with van der Waals surface area (Å²) in [4.78, 5) is 15.9. The number of carbonyl (C=O) groups is 1. The van der Waals surface area contributed by atoms with Crippen molar-refractivity contribution in [1.82, 2.24) is 9.99 Å². The van der Waals surface area contributed by atoms with Crippen LogP contribution in [-0.2, 0) is 0 Å². The van der Waals surface area contributed by atoms with Gasteiger partial charge in [-0.05, 0) is 30.5 Å². The number of amides is 1. The van der Waals surface area contributed by atoms with Crippen LogP contribution in [0.25, 0.3) is 0 Å². The fourth-order valence-corrected chi connectivity index (χ4v) is 2.27. The van der Waals surface area contributed by atoms with E-state index < -0.39 is 5.95 Å². The molecule has 4 nitrogen and oxygen atoms in total. The van der Waals surface area contributed by atoms with Gasteiger partial charge in [-0.1, -0.05) is 30.3 Å². The fraction of sp³-hybridized carbons (Fsp3) is 0.188. The van der Waals surface area contributed by atoms with Gasteiger partial charge in [0, 0.05) is 12.7 Å². The van der Waals surface area contributed by atoms with Gasteiger partial charge in [0.1, 0.15) is 0 Å². The van der Waals surface area contributed by atoms with E-state index in [2.05, 4.69) is 10.1 Å². The normalized spacial score (nSPS) is 14.7. The Morgan fingerprint density at radius 1 is 1.14 bits per heavy atom. The molecule has 0 saturated heterocycles. The number of nitrogens with zero attached hydrogens (tertiary/aromatic N) is 3. The monoisotopic (exact) mass is 283 g/mol. The first-order valence-electron chi connectivity index (χ1n) is 6.80. The Balaban J connectivity index is 1.85. The van der Waals surface area contributed by atoms with Crippen LogP contribution in [0.2, 0.25) is 0 Å². The van der Waals surface area contributed by atoms with Gasteiger partial charge in [-0.25, -0.2) is 9.99 Å². The quantitative estimate of drug-likeness (QED) is 0.796. The third-order valence-corrected chi connectivity index (χ3v) is 3.34. The number of halogens is 1. The van der Waals surface area contributed by atoms with Crippen LogP contribution in [-0.4, -0.2) is 28.2 Å². The minimum atomic E-state index is -0.598. The summed E-state index contributed by atoms with van der Waals surface area (Å²) in [6, 6.07) is 12.4. The zero-order valence-corrected chi connectivity index (χ0v) is 11.4. The van der Waals surface area contributed by atoms with Gasteiger partial charge in [-0.2, -0.15) is 9.49 Å². The third-order valence-electron chi connectivity index (χ3n) is 3.34. The summed E-state index contributed by atoms with van der Waals surface area (Å²) in [6.07, 6.45) is 2.94. The first-order chi connectivity index (χ1) is 10.2. The first-order valence-corrected chi connectivity index (χ1v) is 6.80. The van der Waals surface area contributed by atoms with Crippen LogP contribution < -0.4 is 0 Å². The maximum Gasteiger partial charge on any atom is 0.275 e. The van der Waals surface area contributed by atoms with Crippen molar-refractivity contribution < 1.29 is 9.18 Å². The second-order valence-electron chi connectivity index (χ2n) is 4.81. The zero-order valence-electron chi connectivity index (χ0n) is 11.4. The van der Waals surface area contributed by atoms with E-state index in [1.165, 1.54) is 23.3 Å². The van der Waals surface area contributed by atoms with E-state index >= 15 is 0 Å². The smallest absolute Gasteiger partial charge is 0.267 e. The molecule has 0 atom stereocenters. The van der Waals surface area contributed by atoms with Crippen molar-refractivity contribution in [2.45, 2.75) is 12.8 Å². The van der Waals surface area contributed by atoms with Gasteiger partial charge < -0.3 is 0 Å². The number of pyridine rings is 1. The molecule has 3 rings (SSSR count). The van der Waals surface area contributed by atoms with Crippen LogP contribution in [0.3, 0.4) is 0 Å². The molecule has 1 amide bonds. The molecule has 106 valence electrons. The second-order valence-corrected chi connectivity index (χ2v) is 4.81. The van der Waals surface area contributed by atoms with E-state index in [4.69, 9.17) is 0 Å². The molecule has 1 aromatic heterocycles. The lowest BCUT2D eigenvalue weighted by atomic mass is 10.0. The van der Waals surface area contributed by atoms with Crippen molar-refractivity contribution >= 4 is 11.6 Å². The summed E-state index contributed by atoms with van der Waals surface area (Å²) >= 11 is 0. The molecular weight excluding hydrogens is 269 g/mol. The van der Waals surface area contributed by atoms with Gasteiger partial charge in [0.05, 0.1) is 11.3 Å². The molecule has 1 aliphatic rings. The number of hydrogen-bond donors (Lipinski definition) is 0. The molecule has 0 saturated carbocycles. The predicted molar refractivity (Wildman–Crippen MR) is 77.4 cm³/mol. The van der Waals surface area contributed by atoms with E-state index in [-0.39, 0.29) is 5.91 Å². The first kappa shape index (κ1) is 13.4. The summed E-state index contributed by atoms with van der Waals surface area (Å²) in [5.41, 5.74) is 2.26. The SMILES string of the molecule is O=C(c1ccc(F)nc1)N1CCCC(c2ccccc2)=N1. The van der Waals surface area contributed by atoms with Gasteiger partial charge in [0.2, 0.25) is 5.95 Å². The Morgan fingerprint density at radius 3 is 2.67 bits per heavy atom. The van der Waals surface area contributed by atoms with Gasteiger partial charge in [0.15, 0.2) is 0 Å². The third kappa shape index (κ3) is 2.97. The van der Waals surface area contributed by atoms with Crippen molar-refractivity contribution in [3.63, 3.8) is 0 Å². The largest absolute Gasteiger partial charge is 0.275 e. The van der Waals surface area contributed by atoms with Crippen LogP contribution in [0.5, 0.6) is 0 Å². The van der Waals surface area contributed by atoms with E-state index in [9.17, 15) is 9.18 Å². The Hall–Kier alpha value is -2.56. The summed E-state index contributed by atoms with van der Waals surface area (Å²) in [5.74, 6) is -0.852. The van der Waals surface area contributed by atoms with Crippen molar-refractivity contribution in [2.75, 3.05) is 6.54 Å². The summed E-state index contributed by atoms with van der Waals surface area (Å²) in [6.45, 7) is 0.562. The Labute approximate surface area is 121 Å². The molecule has 0 N–H and O–H groups in total. The van der Waals surface area contributed by atoms with E-state index in [1.54, 1.807) is 0 Å². The Kier molecular flexibility index (Phi) is 3.73. The van der Waals surface area contributed by atoms with Crippen LogP contribution in [0, 0.1) is 5.95 Å². The number of carbonyl (C=O) groups excluding carboxylic acids is 1. The standard InChI is InChI=1S/C16H14FN3O/c17-15-9-8-13(11-18-15)16(21)20-10-4-7-14(19-20)12-5-2-1-3-6-12/h1-3,5-6,8-9,11H,4,7,10H2. The van der Waals surface area contributed by atoms with Crippen LogP contribution in [0.4, 0.5) is 4.39 Å². The number of rotatable bonds is 2. The van der Waals surface area contributed by atoms with E-state index in [1.807, 2.05) is 30.3 Å². The van der Waals surface area contributed by atoms with Crippen molar-refractivity contribution in [3.05, 3.63) is 65.7 Å². The molecule has 0 bridgehead atoms. The average molecular weight is 283 g/mol. The lowest BCUT2D eigenvalue weighted by molar-refractivity contribution is 0.0751. The van der Waals surface area contributed by atoms with Crippen molar-refractivity contribution in [3.8, 4) is 0 Å². The maximum atomic E-state index is 12.8. The minimum Gasteiger partial charge on any atom is -0.267 e.